The number of ether oxygens (including phenoxy) is 2. The number of unbranched alkanes of at least 4 members (excludes halogenated alkanes) is 3. The van der Waals surface area contributed by atoms with E-state index in [4.69, 9.17) is 20.8 Å². The summed E-state index contributed by atoms with van der Waals surface area (Å²) >= 11 is 8.77. The molecule has 2 unspecified atom stereocenters. The maximum absolute atomic E-state index is 12.1. The van der Waals surface area contributed by atoms with Gasteiger partial charge in [0.1, 0.15) is 30.5 Å². The van der Waals surface area contributed by atoms with E-state index in [9.17, 15) is 19.8 Å². The zero-order chi connectivity index (χ0) is 97.4. The third-order valence-electron chi connectivity index (χ3n) is 23.3. The Balaban J connectivity index is 0.000000252. The van der Waals surface area contributed by atoms with Gasteiger partial charge < -0.3 is 19.7 Å². The number of rotatable bonds is 33. The van der Waals surface area contributed by atoms with Gasteiger partial charge in [0, 0.05) is 113 Å². The predicted octanol–water partition coefficient (Wildman–Crippen LogP) is 27.8. The average molecular weight is 2090 g/mol. The molecule has 11 heterocycles. The van der Waals surface area contributed by atoms with Crippen molar-refractivity contribution in [1.29, 1.82) is 1.34 Å². The van der Waals surface area contributed by atoms with Crippen LogP contribution in [0.1, 0.15) is 196 Å². The van der Waals surface area contributed by atoms with Crippen LogP contribution < -0.4 is 2.89 Å². The summed E-state index contributed by atoms with van der Waals surface area (Å²) in [6.45, 7) is 48.7. The van der Waals surface area contributed by atoms with Crippen LogP contribution in [0.4, 0.5) is 0 Å². The molecule has 4 aromatic carbocycles. The van der Waals surface area contributed by atoms with Crippen molar-refractivity contribution in [2.75, 3.05) is 13.2 Å². The molecule has 0 aliphatic carbocycles. The van der Waals surface area contributed by atoms with Gasteiger partial charge in [0.2, 0.25) is 0 Å². The second-order valence-electron chi connectivity index (χ2n) is 37.0. The van der Waals surface area contributed by atoms with Gasteiger partial charge in [-0.2, -0.15) is 15.4 Å². The number of aryl methyl sites for hydroxylation is 4. The van der Waals surface area contributed by atoms with Crippen LogP contribution in [0.5, 0.6) is 0 Å². The summed E-state index contributed by atoms with van der Waals surface area (Å²) in [5, 5.41) is 62.7. The van der Waals surface area contributed by atoms with Crippen LogP contribution in [0.2, 0.25) is 71.5 Å². The number of thiophene rings is 4. The molecule has 15 rings (SSSR count). The number of aliphatic hydroxyl groups is 2. The van der Waals surface area contributed by atoms with Crippen LogP contribution in [0.25, 0.3) is 74.9 Å². The Morgan fingerprint density at radius 2 is 0.910 bits per heavy atom. The van der Waals surface area contributed by atoms with Crippen LogP contribution in [0.3, 0.4) is 0 Å². The molecule has 19 nitrogen and oxygen atoms in total. The largest absolute Gasteiger partial charge is 0.377 e. The molecule has 29 heteroatoms. The van der Waals surface area contributed by atoms with Gasteiger partial charge >= 0.3 is 123 Å². The molecule has 714 valence electrons. The number of aromatic amines is 1. The molecule has 134 heavy (non-hydrogen) atoms. The second kappa shape index (κ2) is 54.2. The maximum Gasteiger partial charge on any atom is 0.183 e. The van der Waals surface area contributed by atoms with Crippen molar-refractivity contribution >= 4 is 170 Å². The van der Waals surface area contributed by atoms with Crippen molar-refractivity contribution in [3.8, 4) is 31.3 Å². The number of halogens is 1. The van der Waals surface area contributed by atoms with E-state index in [0.717, 1.165) is 60.7 Å². The van der Waals surface area contributed by atoms with Crippen molar-refractivity contribution < 1.29 is 29.3 Å². The molecule has 0 aliphatic rings. The number of benzene rings is 4. The molecule has 3 N–H and O–H groups in total. The van der Waals surface area contributed by atoms with E-state index in [1.54, 1.807) is 87.5 Å². The number of carbonyl (C=O) groups is 2. The first kappa shape index (κ1) is 113. The number of nitrogens with one attached hydrogen (secondary N) is 1. The van der Waals surface area contributed by atoms with Crippen molar-refractivity contribution in [3.63, 3.8) is 0 Å². The number of nitrogens with zero attached hydrogens (tertiary/aromatic N) is 12. The fraction of sp³-hybridized carbons (Fsp3) is 0.429. The van der Waals surface area contributed by atoms with Crippen LogP contribution in [0, 0.1) is 51.4 Å². The summed E-state index contributed by atoms with van der Waals surface area (Å²) < 4.78 is 27.7. The Labute approximate surface area is 833 Å². The zero-order valence-electron chi connectivity index (χ0n) is 82.5. The van der Waals surface area contributed by atoms with Crippen molar-refractivity contribution in [1.82, 2.24) is 65.3 Å². The van der Waals surface area contributed by atoms with Crippen molar-refractivity contribution in [2.24, 2.45) is 23.7 Å². The Morgan fingerprint density at radius 1 is 0.507 bits per heavy atom. The SMILES string of the molecule is C.C.CCC[CH2][Sn]([CH2]CCC)([CH2]CCC)[c]1cccs1.C[Si](C)(C)CCOCn1ccnn1.Cc1ccc2nc(C(=O)C(C)C)ccc2c1-c1cccs1.Cc1ccc2nc(C(=O)C(C)C)ccc2c1Br.Cc1ccc2nc(C(O)(c3cn[nH]n3)C(C)C)ccc2c1-c1cccs1.Cc1ccc2nc(C(O)(c3cnnn3COCC[Si](C)(C)C)C(C)C)ccc2c1-c1cccs1.[2H][B].[B]C. The zero-order valence-corrected chi connectivity index (χ0v) is 91.2. The van der Waals surface area contributed by atoms with E-state index in [1.807, 2.05) is 132 Å². The first-order chi connectivity index (χ1) is 63.6. The summed E-state index contributed by atoms with van der Waals surface area (Å²) in [6.07, 6.45) is 15.2. The van der Waals surface area contributed by atoms with E-state index < -0.39 is 45.7 Å². The van der Waals surface area contributed by atoms with E-state index in [1.165, 1.54) is 105 Å². The fourth-order valence-corrected chi connectivity index (χ4v) is 39.8. The third-order valence-corrected chi connectivity index (χ3v) is 49.7. The molecular weight excluding hydrogens is 1940 g/mol. The molecule has 0 saturated carbocycles. The van der Waals surface area contributed by atoms with Crippen LogP contribution in [-0.4, -0.2) is 152 Å². The fourth-order valence-electron chi connectivity index (χ4n) is 15.5. The molecule has 4 radical (unpaired) electrons. The smallest absolute Gasteiger partial charge is 0.183 e. The number of hydrogen-bond acceptors (Lipinski definition) is 20. The quantitative estimate of drug-likeness (QED) is 0.0196. The molecule has 15 aromatic rings. The normalized spacial score (nSPS) is 12.3. The maximum atomic E-state index is 12.1. The molecule has 0 amide bonds. The Bertz CT molecular complexity index is 6020. The van der Waals surface area contributed by atoms with Gasteiger partial charge in [-0.3, -0.25) is 9.59 Å². The van der Waals surface area contributed by atoms with Gasteiger partial charge in [-0.05, 0) is 186 Å². The van der Waals surface area contributed by atoms with Crippen LogP contribution in [-0.2, 0) is 34.1 Å². The van der Waals surface area contributed by atoms with Gasteiger partial charge in [0.05, 0.1) is 65.6 Å². The molecule has 0 bridgehead atoms. The van der Waals surface area contributed by atoms with Gasteiger partial charge in [0.25, 0.3) is 0 Å². The second-order valence-corrected chi connectivity index (χ2v) is 67.0. The summed E-state index contributed by atoms with van der Waals surface area (Å²) in [5.41, 5.74) is 12.6. The van der Waals surface area contributed by atoms with Gasteiger partial charge in [-0.1, -0.05) is 181 Å². The number of carbonyl (C=O) groups excluding carboxylic acids is 2. The molecule has 2 atom stereocenters. The number of fused-ring (bicyclic) bond motifs is 4. The summed E-state index contributed by atoms with van der Waals surface area (Å²) in [7, 11) is 6.12. The van der Waals surface area contributed by atoms with Crippen molar-refractivity contribution in [2.45, 2.75) is 253 Å². The monoisotopic (exact) mass is 2090 g/mol. The first-order valence-electron chi connectivity index (χ1n) is 46.4. The minimum absolute atomic E-state index is 0. The molecule has 11 aromatic heterocycles. The molecular formula is C105H144B2BrN13O6S4Si2Sn. The van der Waals surface area contributed by atoms with E-state index in [0.29, 0.717) is 47.5 Å². The van der Waals surface area contributed by atoms with E-state index in [2.05, 4.69) is 265 Å². The summed E-state index contributed by atoms with van der Waals surface area (Å²) in [6, 6.07) is 51.4. The number of hydrogen-bond donors (Lipinski definition) is 3. The molecule has 0 spiro atoms. The minimum Gasteiger partial charge on any atom is -0.377 e. The van der Waals surface area contributed by atoms with Crippen LogP contribution in [0.15, 0.2) is 196 Å². The van der Waals surface area contributed by atoms with Gasteiger partial charge in [0.15, 0.2) is 22.8 Å². The number of aromatic nitrogens is 13. The third kappa shape index (κ3) is 30.1. The number of ketones is 2. The topological polar surface area (TPSA) is 248 Å². The summed E-state index contributed by atoms with van der Waals surface area (Å²) in [4.78, 5) is 46.4. The van der Waals surface area contributed by atoms with E-state index in [-0.39, 0.29) is 56.8 Å². The standard InChI is InChI=1S/C26H34N4O2SSi.C20H20N4OS.C18H17NOS.C14H14BrNO.C8H17N3OSi.C4H3S.3C4H9.CH3B.2CH4.BH.Sn/c1-18(2)26(31,24-16-27-29-30(24)17-32-13-15-34(4,5)6)23-12-10-20-21(28-23)11-9-19(3)25(20)22-8-7-14-33-22;1-12(2)20(25,18-11-21-24-23-18)17-9-7-14-15(22-17)8-6-13(3)19(14)16-5-4-10-26-16;1-11(2)18(20)15-9-7-13-14(19-15)8-6-12(3)17(13)16-5-4-10-21-16;1-8(2)14(17)12-7-5-10-11(16-12)6-4-9(3)13(10)15;1-13(2,3)7-6-12-8-11-5-4-9-10-11;1-2-4-5-3-1;3*1-3-4-2;1-2;;;;/h7-12,14,16,18,31H,13,15,17H2,1-6H3;4-12,25H,1-3H3,(H,21,23,24);4-11H,1-3H3;4-8H,1-3H3;4-5H,6-8H2,1-3H3;1-3H;3*1,3-4H2,2H3;1H3;2*1H4;1H;/i;;;;;;;;;;;;1D;. The number of pyridine rings is 4. The van der Waals surface area contributed by atoms with Gasteiger partial charge in [-0.25, -0.2) is 29.3 Å². The first-order valence-corrected chi connectivity index (χ1v) is 65.1. The van der Waals surface area contributed by atoms with E-state index >= 15 is 0 Å². The Hall–Kier alpha value is -8.24. The average Bonchev–Trinajstić information content (AvgIpc) is 1.74. The number of Topliss-reactive ketones (excluding diaryl/α,β-unsaturated/α-hetero) is 2. The van der Waals surface area contributed by atoms with Gasteiger partial charge in [-0.15, -0.1) is 44.2 Å². The minimum atomic E-state index is -2.01. The molecule has 0 fully saturated rings. The Kier molecular flexibility index (Phi) is 45.6. The van der Waals surface area contributed by atoms with Crippen molar-refractivity contribution in [3.05, 3.63) is 253 Å². The molecule has 0 saturated heterocycles. The Morgan fingerprint density at radius 3 is 1.29 bits per heavy atom. The predicted molar refractivity (Wildman–Crippen MR) is 583 cm³/mol. The number of H-pyrrole nitrogens is 1. The molecule has 0 aliphatic heterocycles. The summed E-state index contributed by atoms with van der Waals surface area (Å²) in [5.74, 6) is -0.136. The van der Waals surface area contributed by atoms with Crippen LogP contribution >= 0.6 is 61.3 Å².